The molecule has 8 rings (SSSR count). The van der Waals surface area contributed by atoms with Crippen molar-refractivity contribution < 1.29 is 48.1 Å². The molecule has 402 valence electrons. The molecule has 1 N–H and O–H groups in total. The summed E-state index contributed by atoms with van der Waals surface area (Å²) in [7, 11) is 4.21. The van der Waals surface area contributed by atoms with Crippen LogP contribution in [0.2, 0.25) is 10.0 Å². The third-order valence-corrected chi connectivity index (χ3v) is 13.6. The molecule has 0 saturated carbocycles. The first-order valence-corrected chi connectivity index (χ1v) is 25.5. The van der Waals surface area contributed by atoms with Crippen LogP contribution in [0.15, 0.2) is 180 Å². The number of methoxy groups -OCH3 is 3. The number of halogens is 2. The Morgan fingerprint density at radius 3 is 1.20 bits per heavy atom. The minimum absolute atomic E-state index is 0.00329. The number of aromatic nitrogens is 2. The Bertz CT molecular complexity index is 3690. The van der Waals surface area contributed by atoms with Crippen LogP contribution in [0, 0.1) is 0 Å². The molecule has 0 aliphatic rings. The smallest absolute Gasteiger partial charge is 0.337 e. The summed E-state index contributed by atoms with van der Waals surface area (Å²) in [5.41, 5.74) is 5.19. The molecule has 6 aromatic carbocycles. The molecule has 0 spiro atoms. The number of esters is 1. The van der Waals surface area contributed by atoms with Gasteiger partial charge in [0.1, 0.15) is 11.5 Å². The minimum atomic E-state index is -1.05. The fourth-order valence-corrected chi connectivity index (χ4v) is 9.42. The maximum atomic E-state index is 13.7. The van der Waals surface area contributed by atoms with Crippen LogP contribution < -0.4 is 20.6 Å². The third-order valence-electron chi connectivity index (χ3n) is 13.1. The van der Waals surface area contributed by atoms with Crippen LogP contribution in [0.3, 0.4) is 0 Å². The Morgan fingerprint density at radius 2 is 0.861 bits per heavy atom. The van der Waals surface area contributed by atoms with E-state index in [1.54, 1.807) is 72.8 Å². The molecule has 16 heteroatoms. The summed E-state index contributed by atoms with van der Waals surface area (Å²) >= 11 is 12.4. The standard InChI is InChI=1S/C32H28ClNO6.C31H26ClNO6/c1-20(35)25-14-13-24(33)17-26(25)27-18-31(37)34(19-30(27)39-2)28(15-21-7-5-4-6-8-21)29(36)16-22-9-11-23(12-10-22)32(38)40-3;1-19(34)24-13-12-23(32)16-25(24)26-17-30(36)33(18-29(26)39-2)27(14-20-6-4-3-5-7-20)28(35)15-21-8-10-22(11-9-21)31(37)38/h4-14,17-19,28H,15-16H2,1-3H3;3-13,16-18,27H,14-15H2,1-2H3,(H,37,38). The van der Waals surface area contributed by atoms with Gasteiger partial charge >= 0.3 is 11.9 Å². The molecule has 0 radical (unpaired) electrons. The summed E-state index contributed by atoms with van der Waals surface area (Å²) < 4.78 is 18.7. The van der Waals surface area contributed by atoms with Crippen molar-refractivity contribution in [3.05, 3.63) is 245 Å². The molecular weight excluding hydrogens is 1050 g/mol. The highest BCUT2D eigenvalue weighted by molar-refractivity contribution is 6.31. The number of nitrogens with zero attached hydrogens (tertiary/aromatic N) is 2. The van der Waals surface area contributed by atoms with Crippen LogP contribution in [0.25, 0.3) is 22.3 Å². The van der Waals surface area contributed by atoms with Crippen molar-refractivity contribution in [1.29, 1.82) is 0 Å². The van der Waals surface area contributed by atoms with Gasteiger partial charge in [-0.15, -0.1) is 0 Å². The molecule has 0 aliphatic heterocycles. The van der Waals surface area contributed by atoms with E-state index in [9.17, 15) is 38.4 Å². The van der Waals surface area contributed by atoms with Crippen LogP contribution in [-0.2, 0) is 40.0 Å². The monoisotopic (exact) mass is 1100 g/mol. The van der Waals surface area contributed by atoms with Crippen molar-refractivity contribution in [1.82, 2.24) is 9.13 Å². The Morgan fingerprint density at radius 1 is 0.481 bits per heavy atom. The van der Waals surface area contributed by atoms with Gasteiger partial charge in [-0.25, -0.2) is 9.59 Å². The number of rotatable bonds is 20. The molecule has 2 unspecified atom stereocenters. The van der Waals surface area contributed by atoms with Gasteiger partial charge in [-0.2, -0.15) is 0 Å². The lowest BCUT2D eigenvalue weighted by Gasteiger charge is -2.21. The van der Waals surface area contributed by atoms with E-state index in [1.807, 2.05) is 60.7 Å². The fourth-order valence-electron chi connectivity index (χ4n) is 9.07. The van der Waals surface area contributed by atoms with Gasteiger partial charge in [0.05, 0.1) is 56.9 Å². The van der Waals surface area contributed by atoms with Gasteiger partial charge in [0, 0.05) is 70.1 Å². The van der Waals surface area contributed by atoms with Crippen LogP contribution in [0.4, 0.5) is 0 Å². The largest absolute Gasteiger partial charge is 0.495 e. The fraction of sp³-hybridized carbons (Fsp3) is 0.175. The molecular formula is C63H54Cl2N2O12. The summed E-state index contributed by atoms with van der Waals surface area (Å²) in [5, 5.41) is 9.96. The van der Waals surface area contributed by atoms with Gasteiger partial charge in [-0.3, -0.25) is 28.8 Å². The van der Waals surface area contributed by atoms with Crippen molar-refractivity contribution >= 4 is 58.3 Å². The highest BCUT2D eigenvalue weighted by Crippen LogP contribution is 2.36. The number of carbonyl (C=O) groups excluding carboxylic acids is 5. The van der Waals surface area contributed by atoms with Crippen molar-refractivity contribution in [2.24, 2.45) is 0 Å². The van der Waals surface area contributed by atoms with Gasteiger partial charge < -0.3 is 28.5 Å². The number of hydrogen-bond donors (Lipinski definition) is 1. The number of pyridine rings is 2. The van der Waals surface area contributed by atoms with E-state index in [4.69, 9.17) is 42.5 Å². The number of aromatic carboxylic acids is 1. The second-order valence-electron chi connectivity index (χ2n) is 18.4. The minimum Gasteiger partial charge on any atom is -0.495 e. The quantitative estimate of drug-likeness (QED) is 0.0561. The molecule has 0 bridgehead atoms. The van der Waals surface area contributed by atoms with Crippen LogP contribution in [-0.4, -0.2) is 70.6 Å². The predicted octanol–water partition coefficient (Wildman–Crippen LogP) is 11.4. The lowest BCUT2D eigenvalue weighted by atomic mass is 9.95. The number of hydrogen-bond acceptors (Lipinski definition) is 11. The highest BCUT2D eigenvalue weighted by atomic mass is 35.5. The Hall–Kier alpha value is -8.98. The van der Waals surface area contributed by atoms with E-state index < -0.39 is 35.1 Å². The maximum absolute atomic E-state index is 13.7. The topological polar surface area (TPSA) is 194 Å². The van der Waals surface area contributed by atoms with Crippen molar-refractivity contribution in [3.8, 4) is 33.8 Å². The first-order chi connectivity index (χ1) is 37.9. The number of ketones is 4. The lowest BCUT2D eigenvalue weighted by molar-refractivity contribution is -0.122. The van der Waals surface area contributed by atoms with E-state index >= 15 is 0 Å². The molecule has 8 aromatic rings. The molecule has 2 atom stereocenters. The molecule has 0 aliphatic carbocycles. The van der Waals surface area contributed by atoms with Gasteiger partial charge in [-0.1, -0.05) is 108 Å². The Labute approximate surface area is 465 Å². The van der Waals surface area contributed by atoms with Gasteiger partial charge in [0.2, 0.25) is 0 Å². The van der Waals surface area contributed by atoms with E-state index in [0.717, 1.165) is 11.1 Å². The molecule has 0 amide bonds. The normalized spacial score (nSPS) is 11.5. The van der Waals surface area contributed by atoms with E-state index in [-0.39, 0.29) is 54.4 Å². The zero-order chi connectivity index (χ0) is 56.9. The first kappa shape index (κ1) is 57.7. The second kappa shape index (κ2) is 26.4. The summed E-state index contributed by atoms with van der Waals surface area (Å²) in [6, 6.07) is 42.1. The van der Waals surface area contributed by atoms with Gasteiger partial charge in [0.15, 0.2) is 23.1 Å². The average molecular weight is 1100 g/mol. The highest BCUT2D eigenvalue weighted by Gasteiger charge is 2.27. The number of carboxylic acid groups (broad SMARTS) is 1. The number of Topliss-reactive ketones (excluding diaryl/α,β-unsaturated/α-hetero) is 4. The lowest BCUT2D eigenvalue weighted by Crippen LogP contribution is -2.32. The summed E-state index contributed by atoms with van der Waals surface area (Å²) in [6.45, 7) is 2.87. The van der Waals surface area contributed by atoms with Gasteiger partial charge in [0.25, 0.3) is 11.1 Å². The van der Waals surface area contributed by atoms with Crippen LogP contribution in [0.5, 0.6) is 11.5 Å². The number of carbonyl (C=O) groups is 6. The van der Waals surface area contributed by atoms with Crippen molar-refractivity contribution in [2.75, 3.05) is 21.3 Å². The Kier molecular flexibility index (Phi) is 19.3. The van der Waals surface area contributed by atoms with E-state index in [2.05, 4.69) is 0 Å². The molecule has 2 aromatic heterocycles. The third kappa shape index (κ3) is 14.3. The second-order valence-corrected chi connectivity index (χ2v) is 19.3. The zero-order valence-corrected chi connectivity index (χ0v) is 45.2. The summed E-state index contributed by atoms with van der Waals surface area (Å²) in [6.07, 6.45) is 3.56. The zero-order valence-electron chi connectivity index (χ0n) is 43.7. The number of carboxylic acids is 1. The maximum Gasteiger partial charge on any atom is 0.337 e. The van der Waals surface area contributed by atoms with E-state index in [1.165, 1.54) is 81.0 Å². The molecule has 0 fully saturated rings. The average Bonchev–Trinajstić information content (AvgIpc) is 3.48. The number of ether oxygens (including phenoxy) is 3. The molecule has 2 heterocycles. The Balaban J connectivity index is 0.000000229. The summed E-state index contributed by atoms with van der Waals surface area (Å²) in [5.74, 6) is -1.71. The van der Waals surface area contributed by atoms with Crippen LogP contribution >= 0.6 is 23.2 Å². The van der Waals surface area contributed by atoms with E-state index in [0.29, 0.717) is 71.6 Å². The predicted molar refractivity (Wildman–Crippen MR) is 302 cm³/mol. The molecule has 79 heavy (non-hydrogen) atoms. The molecule has 0 saturated heterocycles. The summed E-state index contributed by atoms with van der Waals surface area (Å²) in [4.78, 5) is 102. The van der Waals surface area contributed by atoms with Crippen molar-refractivity contribution in [3.63, 3.8) is 0 Å². The molecule has 14 nitrogen and oxygen atoms in total. The van der Waals surface area contributed by atoms with Crippen molar-refractivity contribution in [2.45, 2.75) is 51.6 Å². The number of benzene rings is 6. The first-order valence-electron chi connectivity index (χ1n) is 24.7. The van der Waals surface area contributed by atoms with Crippen LogP contribution in [0.1, 0.15) is 89.6 Å². The van der Waals surface area contributed by atoms with Gasteiger partial charge in [-0.05, 0) is 108 Å². The SMILES string of the molecule is COC(=O)c1ccc(CC(=O)C(Cc2ccccc2)n2cc(OC)c(-c3cc(Cl)ccc3C(C)=O)cc2=O)cc1.COc1cn(C(Cc2ccccc2)C(=O)Cc2ccc(C(=O)O)cc2)c(=O)cc1-c1cc(Cl)ccc1C(C)=O.